The first-order valence-electron chi connectivity index (χ1n) is 6.10. The van der Waals surface area contributed by atoms with Crippen LogP contribution < -0.4 is 0 Å². The lowest BCUT2D eigenvalue weighted by Gasteiger charge is -2.05. The van der Waals surface area contributed by atoms with Gasteiger partial charge in [-0.2, -0.15) is 5.26 Å². The van der Waals surface area contributed by atoms with Gasteiger partial charge in [-0.15, -0.1) is 0 Å². The number of hydrogen-bond acceptors (Lipinski definition) is 3. The zero-order valence-electron chi connectivity index (χ0n) is 10.8. The molecule has 100 valence electrons. The summed E-state index contributed by atoms with van der Waals surface area (Å²) in [4.78, 5) is 11.8. The van der Waals surface area contributed by atoms with E-state index in [2.05, 4.69) is 20.9 Å². The molecule has 1 aromatic carbocycles. The van der Waals surface area contributed by atoms with Crippen molar-refractivity contribution in [3.63, 3.8) is 0 Å². The molecule has 0 saturated heterocycles. The summed E-state index contributed by atoms with van der Waals surface area (Å²) in [6.45, 7) is 7.35. The summed E-state index contributed by atoms with van der Waals surface area (Å²) in [5, 5.41) is 9.41. The normalized spacial score (nSPS) is 10.2. The van der Waals surface area contributed by atoms with Gasteiger partial charge in [0.15, 0.2) is 0 Å². The van der Waals surface area contributed by atoms with E-state index in [0.29, 0.717) is 28.6 Å². The van der Waals surface area contributed by atoms with Crippen LogP contribution in [-0.4, -0.2) is 14.5 Å². The van der Waals surface area contributed by atoms with Gasteiger partial charge < -0.3 is 4.57 Å². The highest BCUT2D eigenvalue weighted by Gasteiger charge is 2.12. The minimum absolute atomic E-state index is 0.309. The lowest BCUT2D eigenvalue weighted by molar-refractivity contribution is 0.799. The van der Waals surface area contributed by atoms with E-state index in [1.807, 2.05) is 6.07 Å². The van der Waals surface area contributed by atoms with E-state index in [1.165, 1.54) is 6.20 Å². The molecule has 0 fully saturated rings. The molecular weight excluding hydrogens is 286 g/mol. The van der Waals surface area contributed by atoms with Crippen molar-refractivity contribution in [1.29, 1.82) is 5.26 Å². The van der Waals surface area contributed by atoms with E-state index in [1.54, 1.807) is 28.8 Å². The van der Waals surface area contributed by atoms with Crippen molar-refractivity contribution in [2.75, 3.05) is 0 Å². The van der Waals surface area contributed by atoms with Gasteiger partial charge in [-0.1, -0.05) is 12.1 Å². The van der Waals surface area contributed by atoms with Gasteiger partial charge in [0.1, 0.15) is 11.6 Å². The van der Waals surface area contributed by atoms with Crippen LogP contribution in [0.2, 0.25) is 5.28 Å². The summed E-state index contributed by atoms with van der Waals surface area (Å²) in [7, 11) is 0. The Morgan fingerprint density at radius 1 is 1.33 bits per heavy atom. The first-order valence-corrected chi connectivity index (χ1v) is 6.48. The van der Waals surface area contributed by atoms with E-state index in [4.69, 9.17) is 23.4 Å². The second-order valence-electron chi connectivity index (χ2n) is 4.37. The zero-order valence-corrected chi connectivity index (χ0v) is 11.5. The first kappa shape index (κ1) is 13.1. The Balaban J connectivity index is 2.06. The fraction of sp³-hybridized carbons (Fsp3) is 0.0667. The summed E-state index contributed by atoms with van der Waals surface area (Å²) in [5.41, 5.74) is 3.13. The molecule has 2 aromatic heterocycles. The molecule has 5 nitrogen and oxygen atoms in total. The average molecular weight is 294 g/mol. The maximum absolute atomic E-state index is 9.10. The minimum atomic E-state index is 0.309. The smallest absolute Gasteiger partial charge is 0.205 e. The van der Waals surface area contributed by atoms with Crippen molar-refractivity contribution in [3.05, 3.63) is 64.5 Å². The highest BCUT2D eigenvalue weighted by molar-refractivity contribution is 6.29. The van der Waals surface area contributed by atoms with Crippen molar-refractivity contribution in [3.8, 4) is 6.07 Å². The van der Waals surface area contributed by atoms with Gasteiger partial charge in [-0.05, 0) is 29.8 Å². The molecule has 21 heavy (non-hydrogen) atoms. The van der Waals surface area contributed by atoms with Crippen LogP contribution >= 0.6 is 11.6 Å². The number of halogens is 1. The lowest BCUT2D eigenvalue weighted by Crippen LogP contribution is -2.01. The number of imidazole rings is 1. The van der Waals surface area contributed by atoms with Crippen LogP contribution in [0.4, 0.5) is 5.69 Å². The second kappa shape index (κ2) is 5.24. The molecule has 0 radical (unpaired) electrons. The molecule has 0 saturated carbocycles. The molecule has 0 unspecified atom stereocenters. The monoisotopic (exact) mass is 293 g/mol. The van der Waals surface area contributed by atoms with Crippen LogP contribution in [0.25, 0.3) is 15.9 Å². The molecule has 0 bridgehead atoms. The number of aromatic nitrogens is 3. The standard InChI is InChI=1S/C15H8ClN5/c1-18-11-5-6-12(19-8-11)9-21-13-4-2-3-10(7-17)14(13)20-15(21)16/h2-6,8H,9H2. The quantitative estimate of drug-likeness (QED) is 0.679. The lowest BCUT2D eigenvalue weighted by atomic mass is 10.2. The van der Waals surface area contributed by atoms with E-state index < -0.39 is 0 Å². The fourth-order valence-electron chi connectivity index (χ4n) is 2.10. The Hall–Kier alpha value is -2.89. The Kier molecular flexibility index (Phi) is 3.27. The minimum Gasteiger partial charge on any atom is -0.309 e. The zero-order chi connectivity index (χ0) is 14.8. The molecule has 0 spiro atoms. The first-order chi connectivity index (χ1) is 10.2. The number of nitrogens with zero attached hydrogens (tertiary/aromatic N) is 5. The summed E-state index contributed by atoms with van der Waals surface area (Å²) >= 11 is 6.17. The van der Waals surface area contributed by atoms with Crippen LogP contribution in [0.1, 0.15) is 11.3 Å². The van der Waals surface area contributed by atoms with E-state index >= 15 is 0 Å². The summed E-state index contributed by atoms with van der Waals surface area (Å²) in [6, 6.07) is 11.0. The van der Waals surface area contributed by atoms with Crippen LogP contribution in [0.5, 0.6) is 0 Å². The number of nitriles is 1. The van der Waals surface area contributed by atoms with Gasteiger partial charge in [0.25, 0.3) is 0 Å². The molecular formula is C15H8ClN5. The topological polar surface area (TPSA) is 58.9 Å². The van der Waals surface area contributed by atoms with E-state index in [0.717, 1.165) is 11.2 Å². The number of fused-ring (bicyclic) bond motifs is 1. The summed E-state index contributed by atoms with van der Waals surface area (Å²) < 4.78 is 1.79. The SMILES string of the molecule is [C-]#[N+]c1ccc(Cn2c(Cl)nc3c(C#N)cccc32)nc1. The van der Waals surface area contributed by atoms with Crippen molar-refractivity contribution < 1.29 is 0 Å². The van der Waals surface area contributed by atoms with Gasteiger partial charge in [-0.25, -0.2) is 9.83 Å². The third kappa shape index (κ3) is 2.31. The number of rotatable bonds is 2. The highest BCUT2D eigenvalue weighted by atomic mass is 35.5. The van der Waals surface area contributed by atoms with E-state index in [-0.39, 0.29) is 0 Å². The van der Waals surface area contributed by atoms with Crippen molar-refractivity contribution in [1.82, 2.24) is 14.5 Å². The van der Waals surface area contributed by atoms with Gasteiger partial charge in [0.05, 0.1) is 29.9 Å². The van der Waals surface area contributed by atoms with Crippen LogP contribution in [0.15, 0.2) is 36.5 Å². The maximum Gasteiger partial charge on any atom is 0.205 e. The van der Waals surface area contributed by atoms with Crippen molar-refractivity contribution >= 4 is 28.3 Å². The predicted molar refractivity (Wildman–Crippen MR) is 79.1 cm³/mol. The molecule has 0 amide bonds. The number of benzene rings is 1. The third-order valence-electron chi connectivity index (χ3n) is 3.11. The molecule has 6 heteroatoms. The third-order valence-corrected chi connectivity index (χ3v) is 3.40. The molecule has 3 aromatic rings. The van der Waals surface area contributed by atoms with Gasteiger partial charge in [0.2, 0.25) is 11.0 Å². The fourth-order valence-corrected chi connectivity index (χ4v) is 2.33. The highest BCUT2D eigenvalue weighted by Crippen LogP contribution is 2.23. The summed E-state index contributed by atoms with van der Waals surface area (Å²) in [6.07, 6.45) is 1.52. The van der Waals surface area contributed by atoms with Crippen LogP contribution in [-0.2, 0) is 6.54 Å². The van der Waals surface area contributed by atoms with Gasteiger partial charge >= 0.3 is 0 Å². The second-order valence-corrected chi connectivity index (χ2v) is 4.71. The predicted octanol–water partition coefficient (Wildman–Crippen LogP) is 3.56. The maximum atomic E-state index is 9.10. The molecule has 0 aliphatic rings. The number of hydrogen-bond donors (Lipinski definition) is 0. The molecule has 0 aliphatic heterocycles. The van der Waals surface area contributed by atoms with Crippen molar-refractivity contribution in [2.45, 2.75) is 6.54 Å². The molecule has 0 aliphatic carbocycles. The van der Waals surface area contributed by atoms with Gasteiger partial charge in [0, 0.05) is 6.20 Å². The molecule has 2 heterocycles. The average Bonchev–Trinajstić information content (AvgIpc) is 2.84. The Bertz CT molecular complexity index is 897. The van der Waals surface area contributed by atoms with E-state index in [9.17, 15) is 0 Å². The van der Waals surface area contributed by atoms with Crippen LogP contribution in [0.3, 0.4) is 0 Å². The summed E-state index contributed by atoms with van der Waals surface area (Å²) in [5.74, 6) is 0. The van der Waals surface area contributed by atoms with Crippen LogP contribution in [0, 0.1) is 17.9 Å². The van der Waals surface area contributed by atoms with Crippen molar-refractivity contribution in [2.24, 2.45) is 0 Å². The number of para-hydroxylation sites is 1. The largest absolute Gasteiger partial charge is 0.309 e. The Labute approximate surface area is 125 Å². The molecule has 3 rings (SSSR count). The Morgan fingerprint density at radius 2 is 2.19 bits per heavy atom. The van der Waals surface area contributed by atoms with Gasteiger partial charge in [-0.3, -0.25) is 4.98 Å². The Morgan fingerprint density at radius 3 is 2.86 bits per heavy atom. The molecule has 0 atom stereocenters. The number of pyridine rings is 1. The molecule has 0 N–H and O–H groups in total.